The first-order chi connectivity index (χ1) is 17.8. The molecule has 1 amide bonds. The highest BCUT2D eigenvalue weighted by Gasteiger charge is 2.26. The van der Waals surface area contributed by atoms with Gasteiger partial charge in [-0.2, -0.15) is 4.31 Å². The minimum atomic E-state index is -3.77. The highest BCUT2D eigenvalue weighted by Crippen LogP contribution is 2.30. The van der Waals surface area contributed by atoms with Crippen molar-refractivity contribution >= 4 is 55.0 Å². The van der Waals surface area contributed by atoms with Crippen LogP contribution in [0.1, 0.15) is 24.2 Å². The van der Waals surface area contributed by atoms with Gasteiger partial charge in [-0.15, -0.1) is 12.4 Å². The number of para-hydroxylation sites is 1. The molecule has 0 aliphatic rings. The van der Waals surface area contributed by atoms with Crippen LogP contribution >= 0.6 is 23.7 Å². The van der Waals surface area contributed by atoms with E-state index in [1.807, 2.05) is 24.3 Å². The summed E-state index contributed by atoms with van der Waals surface area (Å²) in [5.74, 6) is -0.217. The number of benzene rings is 2. The van der Waals surface area contributed by atoms with Gasteiger partial charge in [-0.3, -0.25) is 9.69 Å². The Morgan fingerprint density at radius 3 is 2.05 bits per heavy atom. The van der Waals surface area contributed by atoms with Crippen molar-refractivity contribution in [3.63, 3.8) is 0 Å². The number of amides is 1. The van der Waals surface area contributed by atoms with Crippen molar-refractivity contribution in [1.29, 1.82) is 0 Å². The number of rotatable bonds is 15. The van der Waals surface area contributed by atoms with Gasteiger partial charge in [0.2, 0.25) is 10.0 Å². The van der Waals surface area contributed by atoms with Gasteiger partial charge >= 0.3 is 0 Å². The van der Waals surface area contributed by atoms with Gasteiger partial charge in [-0.1, -0.05) is 37.3 Å². The quantitative estimate of drug-likeness (QED) is 0.267. The largest absolute Gasteiger partial charge is 0.383 e. The molecule has 9 nitrogen and oxygen atoms in total. The van der Waals surface area contributed by atoms with E-state index in [0.717, 1.165) is 23.3 Å². The molecule has 3 aromatic rings. The lowest BCUT2D eigenvalue weighted by Gasteiger charge is -2.25. The van der Waals surface area contributed by atoms with E-state index in [1.54, 1.807) is 17.0 Å². The normalized spacial score (nSPS) is 11.7. The van der Waals surface area contributed by atoms with Gasteiger partial charge in [-0.05, 0) is 49.5 Å². The van der Waals surface area contributed by atoms with Crippen LogP contribution in [0.15, 0.2) is 53.4 Å². The summed E-state index contributed by atoms with van der Waals surface area (Å²) < 4.78 is 38.9. The predicted molar refractivity (Wildman–Crippen MR) is 155 cm³/mol. The van der Waals surface area contributed by atoms with Gasteiger partial charge < -0.3 is 14.4 Å². The Kier molecular flexibility index (Phi) is 13.1. The van der Waals surface area contributed by atoms with E-state index < -0.39 is 10.0 Å². The number of carbonyl (C=O) groups excluding carboxylic acids is 1. The molecule has 0 fully saturated rings. The number of anilines is 1. The molecular weight excluding hydrogens is 548 g/mol. The second-order valence-electron chi connectivity index (χ2n) is 8.36. The maximum absolute atomic E-state index is 13.7. The van der Waals surface area contributed by atoms with E-state index in [-0.39, 0.29) is 49.5 Å². The minimum Gasteiger partial charge on any atom is -0.383 e. The van der Waals surface area contributed by atoms with Crippen LogP contribution < -0.4 is 4.90 Å². The van der Waals surface area contributed by atoms with E-state index in [4.69, 9.17) is 14.5 Å². The third kappa shape index (κ3) is 7.95. The van der Waals surface area contributed by atoms with Gasteiger partial charge in [0.15, 0.2) is 5.13 Å². The molecule has 12 heteroatoms. The van der Waals surface area contributed by atoms with Crippen LogP contribution in [-0.4, -0.2) is 95.2 Å². The number of fused-ring (bicyclic) bond motifs is 1. The van der Waals surface area contributed by atoms with Crippen LogP contribution in [0.5, 0.6) is 0 Å². The standard InChI is InChI=1S/C26H36N4O5S2.ClH/c1-5-28(6-2)15-16-30(26-27-23-9-7-8-10-24(23)36-26)25(31)21-11-13-22(14-12-21)37(32,33)29(17-19-34-3)18-20-35-4;/h7-14H,5-6,15-20H2,1-4H3;1H. The average Bonchev–Trinajstić information content (AvgIpc) is 3.35. The first-order valence-corrected chi connectivity index (χ1v) is 14.6. The molecule has 2 aromatic carbocycles. The summed E-state index contributed by atoms with van der Waals surface area (Å²) in [5, 5.41) is 0.625. The van der Waals surface area contributed by atoms with Crippen LogP contribution in [0.4, 0.5) is 5.13 Å². The summed E-state index contributed by atoms with van der Waals surface area (Å²) in [7, 11) is -0.721. The summed E-state index contributed by atoms with van der Waals surface area (Å²) in [6.45, 7) is 8.08. The molecule has 1 aromatic heterocycles. The highest BCUT2D eigenvalue weighted by atomic mass is 35.5. The second kappa shape index (κ2) is 15.5. The van der Waals surface area contributed by atoms with Gasteiger partial charge in [0, 0.05) is 46.0 Å². The average molecular weight is 585 g/mol. The summed E-state index contributed by atoms with van der Waals surface area (Å²) in [4.78, 5) is 22.4. The molecule has 0 aliphatic heterocycles. The number of ether oxygens (including phenoxy) is 2. The number of halogens is 1. The molecule has 38 heavy (non-hydrogen) atoms. The highest BCUT2D eigenvalue weighted by molar-refractivity contribution is 7.89. The number of thiazole rings is 1. The number of hydrogen-bond donors (Lipinski definition) is 0. The SMILES string of the molecule is CCN(CC)CCN(C(=O)c1ccc(S(=O)(=O)N(CCOC)CCOC)cc1)c1nc2ccccc2s1.Cl. The zero-order valence-electron chi connectivity index (χ0n) is 22.3. The monoisotopic (exact) mass is 584 g/mol. The van der Waals surface area contributed by atoms with Crippen LogP contribution in [0.2, 0.25) is 0 Å². The Hall–Kier alpha value is -2.12. The fraction of sp³-hybridized carbons (Fsp3) is 0.462. The van der Waals surface area contributed by atoms with E-state index >= 15 is 0 Å². The van der Waals surface area contributed by atoms with Crippen molar-refractivity contribution in [2.75, 3.05) is 71.6 Å². The third-order valence-corrected chi connectivity index (χ3v) is 9.09. The molecule has 0 aliphatic carbocycles. The van der Waals surface area contributed by atoms with Crippen molar-refractivity contribution in [2.24, 2.45) is 0 Å². The Morgan fingerprint density at radius 2 is 1.50 bits per heavy atom. The minimum absolute atomic E-state index is 0. The van der Waals surface area contributed by atoms with Crippen molar-refractivity contribution in [1.82, 2.24) is 14.2 Å². The Morgan fingerprint density at radius 1 is 0.895 bits per heavy atom. The Bertz CT molecular complexity index is 1210. The Balaban J connectivity index is 0.00000507. The number of carbonyl (C=O) groups is 1. The zero-order valence-corrected chi connectivity index (χ0v) is 24.8. The lowest BCUT2D eigenvalue weighted by Crippen LogP contribution is -2.39. The molecule has 0 radical (unpaired) electrons. The lowest BCUT2D eigenvalue weighted by atomic mass is 10.2. The Labute approximate surface area is 235 Å². The van der Waals surface area contributed by atoms with Crippen molar-refractivity contribution in [2.45, 2.75) is 18.7 Å². The van der Waals surface area contributed by atoms with Gasteiger partial charge in [0.05, 0.1) is 28.3 Å². The first-order valence-electron chi connectivity index (χ1n) is 12.3. The fourth-order valence-electron chi connectivity index (χ4n) is 3.85. The summed E-state index contributed by atoms with van der Waals surface area (Å²) >= 11 is 1.47. The molecule has 0 saturated heterocycles. The van der Waals surface area contributed by atoms with E-state index in [0.29, 0.717) is 23.8 Å². The molecular formula is C26H37ClN4O5S2. The molecule has 0 bridgehead atoms. The molecule has 1 heterocycles. The summed E-state index contributed by atoms with van der Waals surface area (Å²) in [5.41, 5.74) is 1.25. The molecule has 3 rings (SSSR count). The van der Waals surface area contributed by atoms with Crippen LogP contribution in [0.25, 0.3) is 10.2 Å². The van der Waals surface area contributed by atoms with E-state index in [9.17, 15) is 13.2 Å². The summed E-state index contributed by atoms with van der Waals surface area (Å²) in [6, 6.07) is 13.9. The second-order valence-corrected chi connectivity index (χ2v) is 11.3. The van der Waals surface area contributed by atoms with E-state index in [1.165, 1.54) is 42.0 Å². The van der Waals surface area contributed by atoms with Gasteiger partial charge in [0.1, 0.15) is 0 Å². The number of nitrogens with zero attached hydrogens (tertiary/aromatic N) is 4. The molecule has 0 saturated carbocycles. The molecule has 0 N–H and O–H groups in total. The predicted octanol–water partition coefficient (Wildman–Crippen LogP) is 3.99. The van der Waals surface area contributed by atoms with Crippen molar-refractivity contribution in [3.8, 4) is 0 Å². The zero-order chi connectivity index (χ0) is 26.8. The number of methoxy groups -OCH3 is 2. The number of hydrogen-bond acceptors (Lipinski definition) is 8. The molecule has 210 valence electrons. The lowest BCUT2D eigenvalue weighted by molar-refractivity contribution is 0.0983. The van der Waals surface area contributed by atoms with Gasteiger partial charge in [0.25, 0.3) is 5.91 Å². The van der Waals surface area contributed by atoms with Crippen LogP contribution in [-0.2, 0) is 19.5 Å². The molecule has 0 spiro atoms. The third-order valence-electron chi connectivity index (χ3n) is 6.12. The van der Waals surface area contributed by atoms with Crippen LogP contribution in [0.3, 0.4) is 0 Å². The van der Waals surface area contributed by atoms with Crippen molar-refractivity contribution in [3.05, 3.63) is 54.1 Å². The number of likely N-dealkylation sites (N-methyl/N-ethyl adjacent to an activating group) is 1. The number of sulfonamides is 1. The maximum Gasteiger partial charge on any atom is 0.260 e. The number of aromatic nitrogens is 1. The summed E-state index contributed by atoms with van der Waals surface area (Å²) in [6.07, 6.45) is 0. The van der Waals surface area contributed by atoms with Crippen molar-refractivity contribution < 1.29 is 22.7 Å². The first kappa shape index (κ1) is 32.1. The van der Waals surface area contributed by atoms with Crippen LogP contribution in [0, 0.1) is 0 Å². The topological polar surface area (TPSA) is 92.3 Å². The molecule has 0 atom stereocenters. The van der Waals surface area contributed by atoms with Gasteiger partial charge in [-0.25, -0.2) is 13.4 Å². The maximum atomic E-state index is 13.7. The van der Waals surface area contributed by atoms with E-state index in [2.05, 4.69) is 18.7 Å². The smallest absolute Gasteiger partial charge is 0.260 e. The molecule has 0 unspecified atom stereocenters. The fourth-order valence-corrected chi connectivity index (χ4v) is 6.25.